The number of hydrogen-bond donors (Lipinski definition) is 1. The highest BCUT2D eigenvalue weighted by molar-refractivity contribution is 6.00. The van der Waals surface area contributed by atoms with Gasteiger partial charge in [-0.15, -0.1) is 0 Å². The highest BCUT2D eigenvalue weighted by Gasteiger charge is 2.58. The number of ether oxygens (including phenoxy) is 5. The van der Waals surface area contributed by atoms with E-state index >= 15 is 0 Å². The standard InChI is InChI=1S/C31H33NO7/c1-35-31(34)25-28-26(32-30(25)33)29(38-19-23-15-9-4-10-16-23)27(37-18-22-13-7-3-8-14-22)24(39-28)20-36-17-21-11-5-2-6-12-21/h2-16,24-29H,17-20H2,1H3,(H,32,33)/t24-,25?,26+,27-,28+,29-/m1/s1. The fraction of sp³-hybridized carbons (Fsp3) is 0.355. The molecular weight excluding hydrogens is 498 g/mol. The molecule has 2 saturated heterocycles. The van der Waals surface area contributed by atoms with Gasteiger partial charge in [0.1, 0.15) is 24.4 Å². The minimum atomic E-state index is -1.10. The predicted octanol–water partition coefficient (Wildman–Crippen LogP) is 3.43. The van der Waals surface area contributed by atoms with Crippen LogP contribution in [0.5, 0.6) is 0 Å². The molecule has 0 saturated carbocycles. The summed E-state index contributed by atoms with van der Waals surface area (Å²) in [6, 6.07) is 28.8. The maximum absolute atomic E-state index is 12.9. The minimum absolute atomic E-state index is 0.185. The lowest BCUT2D eigenvalue weighted by atomic mass is 9.89. The van der Waals surface area contributed by atoms with Crippen LogP contribution in [0.4, 0.5) is 0 Å². The molecule has 0 spiro atoms. The first-order valence-corrected chi connectivity index (χ1v) is 13.1. The van der Waals surface area contributed by atoms with E-state index in [0.717, 1.165) is 16.7 Å². The Hall–Kier alpha value is -3.56. The Labute approximate surface area is 228 Å². The van der Waals surface area contributed by atoms with Gasteiger partial charge in [0.05, 0.1) is 39.6 Å². The van der Waals surface area contributed by atoms with Gasteiger partial charge in [-0.2, -0.15) is 0 Å². The van der Waals surface area contributed by atoms with Crippen LogP contribution in [0.3, 0.4) is 0 Å². The van der Waals surface area contributed by atoms with Crippen molar-refractivity contribution < 1.29 is 33.3 Å². The monoisotopic (exact) mass is 531 g/mol. The van der Waals surface area contributed by atoms with Crippen LogP contribution in [-0.4, -0.2) is 56.1 Å². The van der Waals surface area contributed by atoms with Crippen molar-refractivity contribution in [3.63, 3.8) is 0 Å². The molecule has 2 aliphatic heterocycles. The third-order valence-corrected chi connectivity index (χ3v) is 7.07. The van der Waals surface area contributed by atoms with E-state index in [9.17, 15) is 9.59 Å². The van der Waals surface area contributed by atoms with Crippen LogP contribution < -0.4 is 5.32 Å². The van der Waals surface area contributed by atoms with Gasteiger partial charge in [-0.25, -0.2) is 0 Å². The quantitative estimate of drug-likeness (QED) is 0.299. The Kier molecular flexibility index (Phi) is 9.00. The molecule has 0 radical (unpaired) electrons. The van der Waals surface area contributed by atoms with E-state index in [4.69, 9.17) is 23.7 Å². The smallest absolute Gasteiger partial charge is 0.321 e. The molecule has 2 heterocycles. The molecule has 1 amide bonds. The number of carbonyl (C=O) groups is 2. The molecule has 0 bridgehead atoms. The van der Waals surface area contributed by atoms with Crippen molar-refractivity contribution in [3.05, 3.63) is 108 Å². The second-order valence-electron chi connectivity index (χ2n) is 9.70. The van der Waals surface area contributed by atoms with Gasteiger partial charge in [0.15, 0.2) is 5.92 Å². The van der Waals surface area contributed by atoms with Crippen molar-refractivity contribution in [2.45, 2.75) is 50.3 Å². The molecule has 5 rings (SSSR count). The summed E-state index contributed by atoms with van der Waals surface area (Å²) in [4.78, 5) is 25.5. The average molecular weight is 532 g/mol. The Morgan fingerprint density at radius 2 is 1.28 bits per heavy atom. The zero-order valence-electron chi connectivity index (χ0n) is 21.8. The first kappa shape index (κ1) is 27.0. The van der Waals surface area contributed by atoms with Crippen LogP contribution in [0.2, 0.25) is 0 Å². The van der Waals surface area contributed by atoms with E-state index in [1.54, 1.807) is 0 Å². The SMILES string of the molecule is COC(=O)C1C(=O)N[C@@H]2[C@@H](OCc3ccccc3)[C@H](OCc3ccccc3)[C@@H](COCc3ccccc3)O[C@@H]12. The highest BCUT2D eigenvalue weighted by Crippen LogP contribution is 2.35. The third kappa shape index (κ3) is 6.54. The molecule has 0 aromatic heterocycles. The Balaban J connectivity index is 1.41. The second-order valence-corrected chi connectivity index (χ2v) is 9.70. The molecule has 3 aromatic rings. The summed E-state index contributed by atoms with van der Waals surface area (Å²) < 4.78 is 30.3. The number of carbonyl (C=O) groups excluding carboxylic acids is 2. The van der Waals surface area contributed by atoms with Gasteiger partial charge in [0.2, 0.25) is 5.91 Å². The van der Waals surface area contributed by atoms with Crippen molar-refractivity contribution in [2.24, 2.45) is 5.92 Å². The molecule has 6 atom stereocenters. The van der Waals surface area contributed by atoms with Gasteiger partial charge in [-0.3, -0.25) is 9.59 Å². The largest absolute Gasteiger partial charge is 0.468 e. The average Bonchev–Trinajstić information content (AvgIpc) is 3.31. The van der Waals surface area contributed by atoms with Crippen molar-refractivity contribution in [1.29, 1.82) is 0 Å². The van der Waals surface area contributed by atoms with Gasteiger partial charge >= 0.3 is 5.97 Å². The lowest BCUT2D eigenvalue weighted by Crippen LogP contribution is -2.62. The van der Waals surface area contributed by atoms with Crippen LogP contribution in [0, 0.1) is 5.92 Å². The Morgan fingerprint density at radius 1 is 0.769 bits per heavy atom. The van der Waals surface area contributed by atoms with Crippen molar-refractivity contribution >= 4 is 11.9 Å². The molecular formula is C31H33NO7. The molecule has 2 aliphatic rings. The number of benzene rings is 3. The van der Waals surface area contributed by atoms with Gasteiger partial charge in [0, 0.05) is 0 Å². The molecule has 204 valence electrons. The molecule has 1 unspecified atom stereocenters. The first-order chi connectivity index (χ1) is 19.1. The van der Waals surface area contributed by atoms with Crippen molar-refractivity contribution in [1.82, 2.24) is 5.32 Å². The van der Waals surface area contributed by atoms with Crippen LogP contribution >= 0.6 is 0 Å². The molecule has 2 fully saturated rings. The molecule has 1 N–H and O–H groups in total. The van der Waals surface area contributed by atoms with Gasteiger partial charge in [-0.1, -0.05) is 91.0 Å². The zero-order chi connectivity index (χ0) is 27.0. The van der Waals surface area contributed by atoms with E-state index in [0.29, 0.717) is 19.8 Å². The number of nitrogens with one attached hydrogen (secondary N) is 1. The number of fused-ring (bicyclic) bond motifs is 1. The maximum atomic E-state index is 12.9. The summed E-state index contributed by atoms with van der Waals surface area (Å²) in [7, 11) is 1.27. The summed E-state index contributed by atoms with van der Waals surface area (Å²) in [5.74, 6) is -2.19. The van der Waals surface area contributed by atoms with Crippen molar-refractivity contribution in [3.8, 4) is 0 Å². The number of amides is 1. The van der Waals surface area contributed by atoms with E-state index in [-0.39, 0.29) is 6.61 Å². The maximum Gasteiger partial charge on any atom is 0.321 e. The molecule has 39 heavy (non-hydrogen) atoms. The van der Waals surface area contributed by atoms with Gasteiger partial charge in [-0.05, 0) is 16.7 Å². The van der Waals surface area contributed by atoms with E-state index in [1.165, 1.54) is 7.11 Å². The number of hydrogen-bond acceptors (Lipinski definition) is 7. The van der Waals surface area contributed by atoms with E-state index in [2.05, 4.69) is 5.32 Å². The lowest BCUT2D eigenvalue weighted by molar-refractivity contribution is -0.231. The molecule has 8 nitrogen and oxygen atoms in total. The van der Waals surface area contributed by atoms with E-state index < -0.39 is 48.3 Å². The molecule has 3 aromatic carbocycles. The fourth-order valence-electron chi connectivity index (χ4n) is 5.12. The Bertz CT molecular complexity index is 1210. The summed E-state index contributed by atoms with van der Waals surface area (Å²) in [5.41, 5.74) is 3.00. The van der Waals surface area contributed by atoms with Crippen LogP contribution in [0.1, 0.15) is 16.7 Å². The number of methoxy groups -OCH3 is 1. The summed E-state index contributed by atoms with van der Waals surface area (Å²) in [5, 5.41) is 2.93. The summed E-state index contributed by atoms with van der Waals surface area (Å²) >= 11 is 0. The summed E-state index contributed by atoms with van der Waals surface area (Å²) in [6.45, 7) is 1.19. The van der Waals surface area contributed by atoms with Gasteiger partial charge < -0.3 is 29.0 Å². The highest BCUT2D eigenvalue weighted by atomic mass is 16.6. The van der Waals surface area contributed by atoms with E-state index in [1.807, 2.05) is 91.0 Å². The number of rotatable bonds is 11. The predicted molar refractivity (Wildman–Crippen MR) is 142 cm³/mol. The van der Waals surface area contributed by atoms with Crippen molar-refractivity contribution in [2.75, 3.05) is 13.7 Å². The Morgan fingerprint density at radius 3 is 1.82 bits per heavy atom. The normalized spacial score (nSPS) is 26.0. The van der Waals surface area contributed by atoms with Crippen LogP contribution in [-0.2, 0) is 53.1 Å². The van der Waals surface area contributed by atoms with Crippen LogP contribution in [0.15, 0.2) is 91.0 Å². The zero-order valence-corrected chi connectivity index (χ0v) is 21.8. The number of esters is 1. The fourth-order valence-corrected chi connectivity index (χ4v) is 5.12. The molecule has 0 aliphatic carbocycles. The topological polar surface area (TPSA) is 92.3 Å². The lowest BCUT2D eigenvalue weighted by Gasteiger charge is -2.44. The van der Waals surface area contributed by atoms with Gasteiger partial charge in [0.25, 0.3) is 0 Å². The summed E-state index contributed by atoms with van der Waals surface area (Å²) in [6.07, 6.45) is -2.56. The first-order valence-electron chi connectivity index (χ1n) is 13.1. The van der Waals surface area contributed by atoms with Crippen LogP contribution in [0.25, 0.3) is 0 Å². The molecule has 8 heteroatoms. The second kappa shape index (κ2) is 13.0. The third-order valence-electron chi connectivity index (χ3n) is 7.07. The minimum Gasteiger partial charge on any atom is -0.468 e.